The molecular formula is C8H9BrF2N2O. The molecule has 0 unspecified atom stereocenters. The van der Waals surface area contributed by atoms with Crippen molar-refractivity contribution in [1.29, 1.82) is 0 Å². The number of methoxy groups -OCH3 is 1. The minimum Gasteiger partial charge on any atom is -0.493 e. The van der Waals surface area contributed by atoms with Gasteiger partial charge in [0.2, 0.25) is 0 Å². The van der Waals surface area contributed by atoms with Gasteiger partial charge in [0.1, 0.15) is 4.60 Å². The fourth-order valence-corrected chi connectivity index (χ4v) is 1.59. The molecule has 14 heavy (non-hydrogen) atoms. The third-order valence-electron chi connectivity index (χ3n) is 1.75. The third-order valence-corrected chi connectivity index (χ3v) is 2.32. The summed E-state index contributed by atoms with van der Waals surface area (Å²) in [6, 6.07) is 0. The Kier molecular flexibility index (Phi) is 3.77. The highest BCUT2D eigenvalue weighted by molar-refractivity contribution is 9.10. The quantitative estimate of drug-likeness (QED) is 0.854. The topological polar surface area (TPSA) is 48.1 Å². The number of nitrogens with two attached hydrogens (primary N) is 1. The van der Waals surface area contributed by atoms with Crippen LogP contribution in [0.4, 0.5) is 8.78 Å². The summed E-state index contributed by atoms with van der Waals surface area (Å²) in [5.74, 6) is 0.0444. The molecule has 0 bridgehead atoms. The Morgan fingerprint density at radius 2 is 2.29 bits per heavy atom. The molecule has 2 N–H and O–H groups in total. The number of hydrogen-bond acceptors (Lipinski definition) is 3. The van der Waals surface area contributed by atoms with Gasteiger partial charge in [0.25, 0.3) is 6.43 Å². The van der Waals surface area contributed by atoms with E-state index in [-0.39, 0.29) is 22.5 Å². The van der Waals surface area contributed by atoms with Crippen molar-refractivity contribution in [1.82, 2.24) is 4.98 Å². The first kappa shape index (κ1) is 11.3. The number of hydrogen-bond donors (Lipinski definition) is 1. The van der Waals surface area contributed by atoms with Crippen LogP contribution < -0.4 is 10.5 Å². The SMILES string of the molecule is COc1c(Br)ncc(CN)c1C(F)F. The molecule has 0 fully saturated rings. The van der Waals surface area contributed by atoms with Crippen LogP contribution >= 0.6 is 15.9 Å². The van der Waals surface area contributed by atoms with Crippen molar-refractivity contribution in [2.75, 3.05) is 7.11 Å². The highest BCUT2D eigenvalue weighted by atomic mass is 79.9. The molecule has 6 heteroatoms. The lowest BCUT2D eigenvalue weighted by Gasteiger charge is -2.12. The largest absolute Gasteiger partial charge is 0.493 e. The van der Waals surface area contributed by atoms with E-state index in [1.807, 2.05) is 0 Å². The average molecular weight is 267 g/mol. The van der Waals surface area contributed by atoms with Crippen LogP contribution in [0.3, 0.4) is 0 Å². The lowest BCUT2D eigenvalue weighted by atomic mass is 10.1. The molecule has 0 amide bonds. The molecule has 78 valence electrons. The van der Waals surface area contributed by atoms with Gasteiger partial charge in [-0.25, -0.2) is 13.8 Å². The maximum atomic E-state index is 12.7. The number of alkyl halides is 2. The van der Waals surface area contributed by atoms with Gasteiger partial charge < -0.3 is 10.5 Å². The second kappa shape index (κ2) is 4.65. The molecule has 3 nitrogen and oxygen atoms in total. The summed E-state index contributed by atoms with van der Waals surface area (Å²) >= 11 is 3.03. The number of nitrogens with zero attached hydrogens (tertiary/aromatic N) is 1. The first-order valence-electron chi connectivity index (χ1n) is 3.81. The van der Waals surface area contributed by atoms with Crippen LogP contribution in [0.5, 0.6) is 5.75 Å². The van der Waals surface area contributed by atoms with E-state index in [0.29, 0.717) is 5.56 Å². The molecule has 0 atom stereocenters. The van der Waals surface area contributed by atoms with Crippen molar-refractivity contribution >= 4 is 15.9 Å². The highest BCUT2D eigenvalue weighted by Gasteiger charge is 2.21. The van der Waals surface area contributed by atoms with Gasteiger partial charge in [0, 0.05) is 12.7 Å². The van der Waals surface area contributed by atoms with E-state index < -0.39 is 6.43 Å². The van der Waals surface area contributed by atoms with E-state index in [2.05, 4.69) is 20.9 Å². The molecular weight excluding hydrogens is 258 g/mol. The van der Waals surface area contributed by atoms with Crippen LogP contribution in [0, 0.1) is 0 Å². The normalized spacial score (nSPS) is 10.7. The van der Waals surface area contributed by atoms with Gasteiger partial charge in [-0.3, -0.25) is 0 Å². The number of halogens is 3. The van der Waals surface area contributed by atoms with E-state index in [4.69, 9.17) is 10.5 Å². The van der Waals surface area contributed by atoms with Crippen LogP contribution in [0.2, 0.25) is 0 Å². The zero-order valence-electron chi connectivity index (χ0n) is 7.43. The summed E-state index contributed by atoms with van der Waals surface area (Å²) in [4.78, 5) is 3.84. The maximum absolute atomic E-state index is 12.7. The Bertz CT molecular complexity index is 333. The van der Waals surface area contributed by atoms with Gasteiger partial charge in [-0.1, -0.05) is 0 Å². The molecule has 0 aliphatic rings. The average Bonchev–Trinajstić information content (AvgIpc) is 2.17. The van der Waals surface area contributed by atoms with Crippen molar-refractivity contribution in [3.63, 3.8) is 0 Å². The molecule has 1 rings (SSSR count). The summed E-state index contributed by atoms with van der Waals surface area (Å²) < 4.78 is 30.4. The minimum absolute atomic E-state index is 0.0102. The van der Waals surface area contributed by atoms with E-state index in [0.717, 1.165) is 0 Å². The standard InChI is InChI=1S/C8H9BrF2N2O/c1-14-6-5(8(10)11)4(2-12)3-13-7(6)9/h3,8H,2,12H2,1H3. The fraction of sp³-hybridized carbons (Fsp3) is 0.375. The van der Waals surface area contributed by atoms with Gasteiger partial charge >= 0.3 is 0 Å². The zero-order valence-corrected chi connectivity index (χ0v) is 9.01. The Balaban J connectivity index is 3.36. The molecule has 0 saturated carbocycles. The van der Waals surface area contributed by atoms with Gasteiger partial charge in [0.05, 0.1) is 12.7 Å². The molecule has 0 radical (unpaired) electrons. The summed E-state index contributed by atoms with van der Waals surface area (Å²) in [7, 11) is 1.31. The zero-order chi connectivity index (χ0) is 10.7. The van der Waals surface area contributed by atoms with Crippen molar-refractivity contribution in [2.45, 2.75) is 13.0 Å². The summed E-state index contributed by atoms with van der Waals surface area (Å²) in [5, 5.41) is 0. The predicted octanol–water partition coefficient (Wildman–Crippen LogP) is 2.25. The van der Waals surface area contributed by atoms with Gasteiger partial charge in [0.15, 0.2) is 5.75 Å². The van der Waals surface area contributed by atoms with Crippen molar-refractivity contribution < 1.29 is 13.5 Å². The molecule has 0 aliphatic carbocycles. The Labute approximate surface area is 88.4 Å². The monoisotopic (exact) mass is 266 g/mol. The lowest BCUT2D eigenvalue weighted by molar-refractivity contribution is 0.145. The van der Waals surface area contributed by atoms with Crippen LogP contribution in [0.25, 0.3) is 0 Å². The second-order valence-electron chi connectivity index (χ2n) is 2.53. The number of pyridine rings is 1. The molecule has 1 aromatic rings. The third kappa shape index (κ3) is 2.01. The van der Waals surface area contributed by atoms with Crippen molar-refractivity contribution in [2.24, 2.45) is 5.73 Å². The van der Waals surface area contributed by atoms with E-state index in [1.54, 1.807) is 0 Å². The van der Waals surface area contributed by atoms with Crippen LogP contribution in [-0.4, -0.2) is 12.1 Å². The Morgan fingerprint density at radius 1 is 1.64 bits per heavy atom. The van der Waals surface area contributed by atoms with Crippen LogP contribution in [0.15, 0.2) is 10.8 Å². The van der Waals surface area contributed by atoms with Crippen LogP contribution in [0.1, 0.15) is 17.6 Å². The van der Waals surface area contributed by atoms with Gasteiger partial charge in [-0.2, -0.15) is 0 Å². The summed E-state index contributed by atoms with van der Waals surface area (Å²) in [5.41, 5.74) is 5.41. The molecule has 0 spiro atoms. The van der Waals surface area contributed by atoms with E-state index in [9.17, 15) is 8.78 Å². The van der Waals surface area contributed by atoms with E-state index >= 15 is 0 Å². The highest BCUT2D eigenvalue weighted by Crippen LogP contribution is 2.36. The fourth-order valence-electron chi connectivity index (χ4n) is 1.12. The van der Waals surface area contributed by atoms with E-state index in [1.165, 1.54) is 13.3 Å². The molecule has 0 saturated heterocycles. The van der Waals surface area contributed by atoms with Crippen molar-refractivity contribution in [3.05, 3.63) is 21.9 Å². The Hall–Kier alpha value is -0.750. The first-order valence-corrected chi connectivity index (χ1v) is 4.60. The second-order valence-corrected chi connectivity index (χ2v) is 3.28. The van der Waals surface area contributed by atoms with Gasteiger partial charge in [-0.05, 0) is 21.5 Å². The predicted molar refractivity (Wildman–Crippen MR) is 51.3 cm³/mol. The number of rotatable bonds is 3. The van der Waals surface area contributed by atoms with Gasteiger partial charge in [-0.15, -0.1) is 0 Å². The minimum atomic E-state index is -2.62. The maximum Gasteiger partial charge on any atom is 0.267 e. The number of aromatic nitrogens is 1. The Morgan fingerprint density at radius 3 is 2.71 bits per heavy atom. The first-order chi connectivity index (χ1) is 6.61. The van der Waals surface area contributed by atoms with Crippen molar-refractivity contribution in [3.8, 4) is 5.75 Å². The summed E-state index contributed by atoms with van der Waals surface area (Å²) in [6.07, 6.45) is -1.31. The van der Waals surface area contributed by atoms with Crippen LogP contribution in [-0.2, 0) is 6.54 Å². The lowest BCUT2D eigenvalue weighted by Crippen LogP contribution is -2.06. The number of ether oxygens (including phenoxy) is 1. The molecule has 1 heterocycles. The summed E-state index contributed by atoms with van der Waals surface area (Å²) in [6.45, 7) is 0.0102. The molecule has 0 aromatic carbocycles. The molecule has 0 aliphatic heterocycles. The smallest absolute Gasteiger partial charge is 0.267 e. The molecule has 1 aromatic heterocycles.